The number of para-hydroxylation sites is 1. The van der Waals surface area contributed by atoms with Crippen molar-refractivity contribution < 1.29 is 4.79 Å². The van der Waals surface area contributed by atoms with Crippen molar-refractivity contribution in [3.8, 4) is 0 Å². The quantitative estimate of drug-likeness (QED) is 0.874. The zero-order chi connectivity index (χ0) is 17.1. The van der Waals surface area contributed by atoms with Gasteiger partial charge in [0.1, 0.15) is 0 Å². The van der Waals surface area contributed by atoms with E-state index < -0.39 is 0 Å². The van der Waals surface area contributed by atoms with Crippen LogP contribution in [0.25, 0.3) is 10.9 Å². The summed E-state index contributed by atoms with van der Waals surface area (Å²) >= 11 is 1.74. The summed E-state index contributed by atoms with van der Waals surface area (Å²) in [7, 11) is 0. The number of piperidine rings is 1. The number of H-pyrrole nitrogens is 1. The number of likely N-dealkylation sites (tertiary alicyclic amines) is 1. The van der Waals surface area contributed by atoms with Crippen LogP contribution in [0.3, 0.4) is 0 Å². The Bertz CT molecular complexity index is 704. The Balaban J connectivity index is 1.66. The van der Waals surface area contributed by atoms with Gasteiger partial charge < -0.3 is 15.6 Å². The molecule has 130 valence electrons. The van der Waals surface area contributed by atoms with E-state index in [-0.39, 0.29) is 11.9 Å². The van der Waals surface area contributed by atoms with Crippen LogP contribution >= 0.6 is 11.8 Å². The summed E-state index contributed by atoms with van der Waals surface area (Å²) < 4.78 is 0. The maximum absolute atomic E-state index is 12.5. The smallest absolute Gasteiger partial charge is 0.239 e. The summed E-state index contributed by atoms with van der Waals surface area (Å²) in [6.45, 7) is 3.79. The van der Waals surface area contributed by atoms with Crippen LogP contribution in [0.4, 0.5) is 0 Å². The molecule has 1 aliphatic rings. The number of carbonyl (C=O) groups is 1. The molecule has 24 heavy (non-hydrogen) atoms. The summed E-state index contributed by atoms with van der Waals surface area (Å²) in [6.07, 6.45) is 4.85. The van der Waals surface area contributed by atoms with Crippen LogP contribution in [0.2, 0.25) is 0 Å². The van der Waals surface area contributed by atoms with Crippen LogP contribution < -0.4 is 5.73 Å². The van der Waals surface area contributed by atoms with Crippen molar-refractivity contribution in [3.05, 3.63) is 35.5 Å². The van der Waals surface area contributed by atoms with Crippen LogP contribution in [-0.2, 0) is 4.79 Å². The molecule has 3 N–H and O–H groups in total. The Morgan fingerprint density at radius 2 is 2.08 bits per heavy atom. The molecule has 1 fully saturated rings. The van der Waals surface area contributed by atoms with E-state index in [0.717, 1.165) is 38.1 Å². The molecule has 4 nitrogen and oxygen atoms in total. The lowest BCUT2D eigenvalue weighted by atomic mass is 9.87. The van der Waals surface area contributed by atoms with E-state index in [9.17, 15) is 4.79 Å². The van der Waals surface area contributed by atoms with E-state index in [1.165, 1.54) is 22.2 Å². The van der Waals surface area contributed by atoms with Gasteiger partial charge in [-0.05, 0) is 55.7 Å². The molecule has 1 unspecified atom stereocenters. The number of aromatic nitrogens is 1. The van der Waals surface area contributed by atoms with E-state index in [4.69, 9.17) is 5.73 Å². The van der Waals surface area contributed by atoms with Crippen LogP contribution in [0.5, 0.6) is 0 Å². The van der Waals surface area contributed by atoms with Crippen molar-refractivity contribution in [1.29, 1.82) is 0 Å². The number of hydrogen-bond donors (Lipinski definition) is 2. The maximum Gasteiger partial charge on any atom is 0.239 e. The molecule has 0 aliphatic carbocycles. The van der Waals surface area contributed by atoms with Gasteiger partial charge in [-0.15, -0.1) is 0 Å². The monoisotopic (exact) mass is 345 g/mol. The second-order valence-corrected chi connectivity index (χ2v) is 7.68. The molecular weight excluding hydrogens is 318 g/mol. The Morgan fingerprint density at radius 1 is 1.38 bits per heavy atom. The summed E-state index contributed by atoms with van der Waals surface area (Å²) in [5.74, 6) is 1.59. The minimum atomic E-state index is -0.344. The SMILES string of the molecule is CSCCC(N)C(=O)N1CCC(c2c(C)[nH]c3ccccc23)CC1. The number of nitrogens with zero attached hydrogens (tertiary/aromatic N) is 1. The molecule has 5 heteroatoms. The minimum Gasteiger partial charge on any atom is -0.358 e. The molecule has 0 saturated carbocycles. The number of amides is 1. The number of benzene rings is 1. The predicted octanol–water partition coefficient (Wildman–Crippen LogP) is 3.26. The molecule has 2 heterocycles. The molecule has 1 aromatic heterocycles. The lowest BCUT2D eigenvalue weighted by Crippen LogP contribution is -2.47. The fraction of sp³-hybridized carbons (Fsp3) is 0.526. The first kappa shape index (κ1) is 17.4. The molecule has 0 bridgehead atoms. The van der Waals surface area contributed by atoms with E-state index in [1.807, 2.05) is 11.2 Å². The molecule has 0 spiro atoms. The third-order valence-corrected chi connectivity index (χ3v) is 5.75. The Hall–Kier alpha value is -1.46. The molecule has 1 saturated heterocycles. The highest BCUT2D eigenvalue weighted by molar-refractivity contribution is 7.98. The van der Waals surface area contributed by atoms with Crippen LogP contribution in [0.15, 0.2) is 24.3 Å². The highest BCUT2D eigenvalue weighted by Crippen LogP contribution is 2.35. The number of thioether (sulfide) groups is 1. The number of aryl methyl sites for hydroxylation is 1. The van der Waals surface area contributed by atoms with E-state index in [2.05, 4.69) is 36.2 Å². The molecular formula is C19H27N3OS. The van der Waals surface area contributed by atoms with Crippen LogP contribution in [0.1, 0.15) is 36.4 Å². The molecule has 2 aromatic rings. The van der Waals surface area contributed by atoms with E-state index in [1.54, 1.807) is 11.8 Å². The van der Waals surface area contributed by atoms with Crippen molar-refractivity contribution in [2.24, 2.45) is 5.73 Å². The van der Waals surface area contributed by atoms with Gasteiger partial charge in [0.05, 0.1) is 6.04 Å². The Kier molecular flexibility index (Phi) is 5.51. The van der Waals surface area contributed by atoms with Crippen molar-refractivity contribution in [2.75, 3.05) is 25.1 Å². The number of carbonyl (C=O) groups excluding carboxylic acids is 1. The van der Waals surface area contributed by atoms with E-state index >= 15 is 0 Å². The average molecular weight is 346 g/mol. The molecule has 1 aliphatic heterocycles. The highest BCUT2D eigenvalue weighted by Gasteiger charge is 2.28. The first-order valence-corrected chi connectivity index (χ1v) is 10.1. The summed E-state index contributed by atoms with van der Waals surface area (Å²) in [6, 6.07) is 8.16. The van der Waals surface area contributed by atoms with Gasteiger partial charge in [-0.3, -0.25) is 4.79 Å². The molecule has 3 rings (SSSR count). The summed E-state index contributed by atoms with van der Waals surface area (Å²) in [5, 5.41) is 1.33. The zero-order valence-corrected chi connectivity index (χ0v) is 15.4. The number of nitrogens with two attached hydrogens (primary N) is 1. The van der Waals surface area contributed by atoms with Gasteiger partial charge in [-0.1, -0.05) is 18.2 Å². The second kappa shape index (κ2) is 7.62. The molecule has 1 amide bonds. The lowest BCUT2D eigenvalue weighted by Gasteiger charge is -2.34. The normalized spacial score (nSPS) is 17.4. The zero-order valence-electron chi connectivity index (χ0n) is 14.5. The number of nitrogens with one attached hydrogen (secondary N) is 1. The van der Waals surface area contributed by atoms with Crippen molar-refractivity contribution in [3.63, 3.8) is 0 Å². The van der Waals surface area contributed by atoms with Crippen LogP contribution in [-0.4, -0.2) is 46.9 Å². The summed E-state index contributed by atoms with van der Waals surface area (Å²) in [5.41, 5.74) is 9.96. The summed E-state index contributed by atoms with van der Waals surface area (Å²) in [4.78, 5) is 17.9. The van der Waals surface area contributed by atoms with Crippen molar-refractivity contribution in [1.82, 2.24) is 9.88 Å². The molecule has 1 aromatic carbocycles. The molecule has 1 atom stereocenters. The fourth-order valence-electron chi connectivity index (χ4n) is 3.82. The number of rotatable bonds is 5. The van der Waals surface area contributed by atoms with Gasteiger partial charge in [0.25, 0.3) is 0 Å². The third-order valence-electron chi connectivity index (χ3n) is 5.11. The molecule has 0 radical (unpaired) electrons. The number of hydrogen-bond acceptors (Lipinski definition) is 3. The topological polar surface area (TPSA) is 62.1 Å². The highest BCUT2D eigenvalue weighted by atomic mass is 32.2. The minimum absolute atomic E-state index is 0.123. The van der Waals surface area contributed by atoms with E-state index in [0.29, 0.717) is 5.92 Å². The van der Waals surface area contributed by atoms with Gasteiger partial charge >= 0.3 is 0 Å². The largest absolute Gasteiger partial charge is 0.358 e. The first-order valence-electron chi connectivity index (χ1n) is 8.72. The standard InChI is InChI=1S/C19H27N3OS/c1-13-18(15-5-3-4-6-17(15)21-13)14-7-10-22(11-8-14)19(23)16(20)9-12-24-2/h3-6,14,16,21H,7-12,20H2,1-2H3. The fourth-order valence-corrected chi connectivity index (χ4v) is 4.31. The number of fused-ring (bicyclic) bond motifs is 1. The van der Waals surface area contributed by atoms with Gasteiger partial charge in [-0.25, -0.2) is 0 Å². The van der Waals surface area contributed by atoms with Gasteiger partial charge in [0.15, 0.2) is 0 Å². The van der Waals surface area contributed by atoms with Crippen molar-refractivity contribution in [2.45, 2.75) is 38.1 Å². The number of aromatic amines is 1. The van der Waals surface area contributed by atoms with Gasteiger partial charge in [0, 0.05) is 29.7 Å². The third kappa shape index (κ3) is 3.47. The van der Waals surface area contributed by atoms with Gasteiger partial charge in [-0.2, -0.15) is 11.8 Å². The predicted molar refractivity (Wildman–Crippen MR) is 103 cm³/mol. The average Bonchev–Trinajstić information content (AvgIpc) is 2.95. The lowest BCUT2D eigenvalue weighted by molar-refractivity contribution is -0.133. The maximum atomic E-state index is 12.5. The Labute approximate surface area is 148 Å². The Morgan fingerprint density at radius 3 is 2.79 bits per heavy atom. The second-order valence-electron chi connectivity index (χ2n) is 6.70. The van der Waals surface area contributed by atoms with Crippen molar-refractivity contribution >= 4 is 28.6 Å². The first-order chi connectivity index (χ1) is 11.6. The van der Waals surface area contributed by atoms with Crippen LogP contribution in [0, 0.1) is 6.92 Å². The van der Waals surface area contributed by atoms with Gasteiger partial charge in [0.2, 0.25) is 5.91 Å².